The molecule has 0 radical (unpaired) electrons. The molecular formula is C6H8N2O2S. The van der Waals surface area contributed by atoms with E-state index in [2.05, 4.69) is 22.9 Å². The number of nitrogens with one attached hydrogen (secondary N) is 2. The molecular weight excluding hydrogens is 164 g/mol. The molecule has 2 N–H and O–H groups in total. The molecule has 0 spiro atoms. The Hall–Kier alpha value is -0.970. The van der Waals surface area contributed by atoms with Crippen molar-refractivity contribution < 1.29 is 9.59 Å². The summed E-state index contributed by atoms with van der Waals surface area (Å²) in [6, 6.07) is 0. The second-order valence-electron chi connectivity index (χ2n) is 2.27. The maximum atomic E-state index is 11.0. The summed E-state index contributed by atoms with van der Waals surface area (Å²) in [6.45, 7) is 1.78. The third-order valence-electron chi connectivity index (χ3n) is 1.51. The molecule has 1 fully saturated rings. The lowest BCUT2D eigenvalue weighted by molar-refractivity contribution is -0.135. The van der Waals surface area contributed by atoms with Gasteiger partial charge >= 0.3 is 0 Å². The van der Waals surface area contributed by atoms with Crippen molar-refractivity contribution in [1.29, 1.82) is 0 Å². The average Bonchev–Trinajstić information content (AvgIpc) is 1.85. The molecule has 0 aromatic rings. The fraction of sp³-hybridized carbons (Fsp3) is 0.500. The molecule has 1 saturated heterocycles. The molecule has 0 bridgehead atoms. The molecule has 0 atom stereocenters. The summed E-state index contributed by atoms with van der Waals surface area (Å²) in [5, 5.41) is 4.84. The summed E-state index contributed by atoms with van der Waals surface area (Å²) in [7, 11) is 0. The van der Waals surface area contributed by atoms with Crippen LogP contribution in [0, 0.1) is 5.92 Å². The Morgan fingerprint density at radius 1 is 1.36 bits per heavy atom. The average molecular weight is 172 g/mol. The maximum Gasteiger partial charge on any atom is 0.238 e. The van der Waals surface area contributed by atoms with Crippen LogP contribution in [0.25, 0.3) is 0 Å². The van der Waals surface area contributed by atoms with Crippen LogP contribution in [0.1, 0.15) is 13.3 Å². The van der Waals surface area contributed by atoms with E-state index in [4.69, 9.17) is 0 Å². The van der Waals surface area contributed by atoms with Crippen molar-refractivity contribution in [3.8, 4) is 0 Å². The molecule has 1 aliphatic heterocycles. The highest BCUT2D eigenvalue weighted by atomic mass is 32.1. The van der Waals surface area contributed by atoms with Crippen molar-refractivity contribution in [1.82, 2.24) is 10.6 Å². The summed E-state index contributed by atoms with van der Waals surface area (Å²) >= 11 is 4.60. The first kappa shape index (κ1) is 8.13. The van der Waals surface area contributed by atoms with E-state index in [1.165, 1.54) is 0 Å². The number of hydrogen-bond donors (Lipinski definition) is 2. The Balaban J connectivity index is 2.74. The van der Waals surface area contributed by atoms with Gasteiger partial charge in [-0.1, -0.05) is 6.92 Å². The van der Waals surface area contributed by atoms with E-state index in [9.17, 15) is 9.59 Å². The Morgan fingerprint density at radius 3 is 2.18 bits per heavy atom. The Bertz CT molecular complexity index is 207. The minimum Gasteiger partial charge on any atom is -0.302 e. The van der Waals surface area contributed by atoms with Gasteiger partial charge in [0.15, 0.2) is 5.11 Å². The van der Waals surface area contributed by atoms with E-state index in [-0.39, 0.29) is 16.9 Å². The molecule has 60 valence electrons. The molecule has 11 heavy (non-hydrogen) atoms. The van der Waals surface area contributed by atoms with Crippen molar-refractivity contribution in [2.75, 3.05) is 0 Å². The molecule has 2 amide bonds. The van der Waals surface area contributed by atoms with E-state index in [0.29, 0.717) is 6.42 Å². The van der Waals surface area contributed by atoms with Crippen molar-refractivity contribution in [3.05, 3.63) is 0 Å². The summed E-state index contributed by atoms with van der Waals surface area (Å²) < 4.78 is 0. The van der Waals surface area contributed by atoms with Crippen LogP contribution >= 0.6 is 12.2 Å². The largest absolute Gasteiger partial charge is 0.302 e. The van der Waals surface area contributed by atoms with Crippen molar-refractivity contribution in [2.24, 2.45) is 5.92 Å². The van der Waals surface area contributed by atoms with Gasteiger partial charge in [0.2, 0.25) is 11.8 Å². The molecule has 0 saturated carbocycles. The predicted octanol–water partition coefficient (Wildman–Crippen LogP) is -0.457. The van der Waals surface area contributed by atoms with E-state index in [1.807, 2.05) is 0 Å². The lowest BCUT2D eigenvalue weighted by atomic mass is 10.0. The quantitative estimate of drug-likeness (QED) is 0.416. The van der Waals surface area contributed by atoms with Crippen molar-refractivity contribution in [2.45, 2.75) is 13.3 Å². The number of thiocarbonyl (C=S) groups is 1. The number of carbonyl (C=O) groups is 2. The van der Waals surface area contributed by atoms with Gasteiger partial charge in [0.1, 0.15) is 5.92 Å². The Labute approximate surface area is 69.3 Å². The molecule has 1 rings (SSSR count). The van der Waals surface area contributed by atoms with Gasteiger partial charge in [-0.05, 0) is 18.6 Å². The molecule has 0 unspecified atom stereocenters. The van der Waals surface area contributed by atoms with Gasteiger partial charge in [0.05, 0.1) is 0 Å². The van der Waals surface area contributed by atoms with Crippen LogP contribution in [0.15, 0.2) is 0 Å². The first-order valence-electron chi connectivity index (χ1n) is 3.31. The van der Waals surface area contributed by atoms with Crippen LogP contribution < -0.4 is 10.6 Å². The van der Waals surface area contributed by atoms with Gasteiger partial charge in [-0.15, -0.1) is 0 Å². The highest BCUT2D eigenvalue weighted by molar-refractivity contribution is 7.80. The maximum absolute atomic E-state index is 11.0. The van der Waals surface area contributed by atoms with Gasteiger partial charge in [0.25, 0.3) is 0 Å². The zero-order chi connectivity index (χ0) is 8.43. The normalized spacial score (nSPS) is 19.5. The van der Waals surface area contributed by atoms with E-state index >= 15 is 0 Å². The van der Waals surface area contributed by atoms with Gasteiger partial charge in [0, 0.05) is 0 Å². The summed E-state index contributed by atoms with van der Waals surface area (Å²) in [4.78, 5) is 22.0. The van der Waals surface area contributed by atoms with Crippen LogP contribution in [0.5, 0.6) is 0 Å². The minimum atomic E-state index is -0.582. The third kappa shape index (κ3) is 1.54. The molecule has 0 aromatic heterocycles. The van der Waals surface area contributed by atoms with Crippen LogP contribution in [-0.4, -0.2) is 16.9 Å². The third-order valence-corrected chi connectivity index (χ3v) is 1.72. The summed E-state index contributed by atoms with van der Waals surface area (Å²) in [5.41, 5.74) is 0. The fourth-order valence-corrected chi connectivity index (χ4v) is 1.12. The zero-order valence-corrected chi connectivity index (χ0v) is 6.83. The van der Waals surface area contributed by atoms with Crippen LogP contribution in [0.4, 0.5) is 0 Å². The first-order valence-corrected chi connectivity index (χ1v) is 3.71. The second kappa shape index (κ2) is 2.96. The van der Waals surface area contributed by atoms with Gasteiger partial charge in [-0.25, -0.2) is 0 Å². The summed E-state index contributed by atoms with van der Waals surface area (Å²) in [6.07, 6.45) is 0.500. The smallest absolute Gasteiger partial charge is 0.238 e. The lowest BCUT2D eigenvalue weighted by Gasteiger charge is -2.20. The molecule has 1 heterocycles. The molecule has 4 nitrogen and oxygen atoms in total. The number of hydrogen-bond acceptors (Lipinski definition) is 3. The highest BCUT2D eigenvalue weighted by Crippen LogP contribution is 2.05. The summed E-state index contributed by atoms with van der Waals surface area (Å²) in [5.74, 6) is -1.19. The predicted molar refractivity (Wildman–Crippen MR) is 42.7 cm³/mol. The highest BCUT2D eigenvalue weighted by Gasteiger charge is 2.30. The van der Waals surface area contributed by atoms with Crippen LogP contribution in [-0.2, 0) is 9.59 Å². The van der Waals surface area contributed by atoms with Crippen molar-refractivity contribution >= 4 is 29.1 Å². The van der Waals surface area contributed by atoms with Gasteiger partial charge in [-0.2, -0.15) is 0 Å². The van der Waals surface area contributed by atoms with E-state index < -0.39 is 5.92 Å². The molecule has 0 aliphatic carbocycles. The second-order valence-corrected chi connectivity index (χ2v) is 2.68. The SMILES string of the molecule is CCC1C(=O)NC(=S)NC1=O. The van der Waals surface area contributed by atoms with Gasteiger partial charge in [-0.3, -0.25) is 9.59 Å². The topological polar surface area (TPSA) is 58.2 Å². The monoisotopic (exact) mass is 172 g/mol. The number of amides is 2. The van der Waals surface area contributed by atoms with Crippen LogP contribution in [0.2, 0.25) is 0 Å². The Morgan fingerprint density at radius 2 is 1.82 bits per heavy atom. The van der Waals surface area contributed by atoms with Crippen molar-refractivity contribution in [3.63, 3.8) is 0 Å². The van der Waals surface area contributed by atoms with E-state index in [1.54, 1.807) is 6.92 Å². The Kier molecular flexibility index (Phi) is 2.19. The number of carbonyl (C=O) groups excluding carboxylic acids is 2. The molecule has 1 aliphatic rings. The van der Waals surface area contributed by atoms with Gasteiger partial charge < -0.3 is 10.6 Å². The minimum absolute atomic E-state index is 0.102. The lowest BCUT2D eigenvalue weighted by Crippen LogP contribution is -2.55. The standard InChI is InChI=1S/C6H8N2O2S/c1-2-3-4(9)7-6(11)8-5(3)10/h3H,2H2,1H3,(H2,7,8,9,10,11). The first-order chi connectivity index (χ1) is 5.15. The molecule has 0 aromatic carbocycles. The number of rotatable bonds is 1. The fourth-order valence-electron chi connectivity index (χ4n) is 0.919. The zero-order valence-electron chi connectivity index (χ0n) is 6.01. The van der Waals surface area contributed by atoms with Crippen LogP contribution in [0.3, 0.4) is 0 Å². The molecule has 5 heteroatoms. The van der Waals surface area contributed by atoms with E-state index in [0.717, 1.165) is 0 Å².